The average molecular weight is 344 g/mol. The lowest BCUT2D eigenvalue weighted by atomic mass is 10.1. The zero-order chi connectivity index (χ0) is 17.2. The molecule has 3 nitrogen and oxygen atoms in total. The molecule has 1 heterocycles. The molecule has 120 valence electrons. The molecule has 2 aromatic rings. The number of anilines is 1. The number of benzene rings is 1. The van der Waals surface area contributed by atoms with Crippen LogP contribution in [0, 0.1) is 17.1 Å². The molecule has 1 N–H and O–H groups in total. The topological polar surface area (TPSA) is 48.7 Å². The Hall–Kier alpha value is -2.33. The number of alkyl halides is 3. The Morgan fingerprint density at radius 1 is 1.26 bits per heavy atom. The molecule has 8 heteroatoms. The standard InChI is InChI=1S/C15H10ClF4N3/c1-8(11-4-3-10(17)6-12(11)16)22-14-9(7-21)2-5-13(23-14)15(18,19)20/h2-6,8H,1H3,(H,22,23). The number of nitriles is 1. The highest BCUT2D eigenvalue weighted by Gasteiger charge is 2.33. The van der Waals surface area contributed by atoms with Gasteiger partial charge in [0.1, 0.15) is 23.4 Å². The van der Waals surface area contributed by atoms with Crippen molar-refractivity contribution in [3.8, 4) is 6.07 Å². The minimum atomic E-state index is -4.62. The lowest BCUT2D eigenvalue weighted by Crippen LogP contribution is -2.14. The van der Waals surface area contributed by atoms with Crippen LogP contribution in [0.5, 0.6) is 0 Å². The predicted octanol–water partition coefficient (Wildman–Crippen LogP) is 4.94. The van der Waals surface area contributed by atoms with Gasteiger partial charge < -0.3 is 5.32 Å². The van der Waals surface area contributed by atoms with Crippen LogP contribution in [0.15, 0.2) is 30.3 Å². The van der Waals surface area contributed by atoms with E-state index in [9.17, 15) is 17.6 Å². The van der Waals surface area contributed by atoms with Crippen LogP contribution in [-0.2, 0) is 6.18 Å². The van der Waals surface area contributed by atoms with E-state index in [2.05, 4.69) is 10.3 Å². The number of rotatable bonds is 3. The van der Waals surface area contributed by atoms with Crippen molar-refractivity contribution in [3.63, 3.8) is 0 Å². The summed E-state index contributed by atoms with van der Waals surface area (Å²) >= 11 is 5.92. The third-order valence-electron chi connectivity index (χ3n) is 3.09. The van der Waals surface area contributed by atoms with Crippen molar-refractivity contribution >= 4 is 17.4 Å². The van der Waals surface area contributed by atoms with Crippen molar-refractivity contribution < 1.29 is 17.6 Å². The van der Waals surface area contributed by atoms with Gasteiger partial charge in [-0.2, -0.15) is 18.4 Å². The summed E-state index contributed by atoms with van der Waals surface area (Å²) in [5, 5.41) is 11.8. The fourth-order valence-electron chi connectivity index (χ4n) is 1.95. The number of pyridine rings is 1. The highest BCUT2D eigenvalue weighted by molar-refractivity contribution is 6.31. The summed E-state index contributed by atoms with van der Waals surface area (Å²) in [6.45, 7) is 1.61. The number of hydrogen-bond acceptors (Lipinski definition) is 3. The first-order chi connectivity index (χ1) is 10.7. The monoisotopic (exact) mass is 343 g/mol. The Kier molecular flexibility index (Phi) is 4.76. The smallest absolute Gasteiger partial charge is 0.362 e. The third kappa shape index (κ3) is 3.90. The first-order valence-electron chi connectivity index (χ1n) is 6.42. The number of hydrogen-bond donors (Lipinski definition) is 1. The van der Waals surface area contributed by atoms with Crippen LogP contribution < -0.4 is 5.32 Å². The number of aromatic nitrogens is 1. The van der Waals surface area contributed by atoms with Crippen LogP contribution >= 0.6 is 11.6 Å². The molecule has 0 aliphatic heterocycles. The molecule has 1 unspecified atom stereocenters. The second-order valence-corrected chi connectivity index (χ2v) is 5.14. The third-order valence-corrected chi connectivity index (χ3v) is 3.42. The van der Waals surface area contributed by atoms with Crippen LogP contribution in [0.4, 0.5) is 23.4 Å². The highest BCUT2D eigenvalue weighted by Crippen LogP contribution is 2.31. The molecule has 2 rings (SSSR count). The molecule has 0 bridgehead atoms. The van der Waals surface area contributed by atoms with Gasteiger partial charge in [-0.05, 0) is 36.8 Å². The Morgan fingerprint density at radius 3 is 2.52 bits per heavy atom. The largest absolute Gasteiger partial charge is 0.433 e. The van der Waals surface area contributed by atoms with Gasteiger partial charge in [-0.25, -0.2) is 9.37 Å². The summed E-state index contributed by atoms with van der Waals surface area (Å²) in [6.07, 6.45) is -4.62. The van der Waals surface area contributed by atoms with Gasteiger partial charge in [-0.1, -0.05) is 17.7 Å². The minimum absolute atomic E-state index is 0.0388. The van der Waals surface area contributed by atoms with Crippen LogP contribution in [0.3, 0.4) is 0 Å². The first-order valence-corrected chi connectivity index (χ1v) is 6.80. The van der Waals surface area contributed by atoms with Crippen molar-refractivity contribution in [1.29, 1.82) is 5.26 Å². The zero-order valence-electron chi connectivity index (χ0n) is 11.7. The van der Waals surface area contributed by atoms with E-state index in [1.54, 1.807) is 13.0 Å². The molecular weight excluding hydrogens is 334 g/mol. The first kappa shape index (κ1) is 17.0. The minimum Gasteiger partial charge on any atom is -0.362 e. The van der Waals surface area contributed by atoms with Crippen LogP contribution in [0.2, 0.25) is 5.02 Å². The Labute approximate surface area is 134 Å². The van der Waals surface area contributed by atoms with E-state index in [1.807, 2.05) is 0 Å². The molecule has 1 aromatic heterocycles. The van der Waals surface area contributed by atoms with Crippen molar-refractivity contribution in [1.82, 2.24) is 4.98 Å². The van der Waals surface area contributed by atoms with E-state index in [4.69, 9.17) is 16.9 Å². The van der Waals surface area contributed by atoms with Gasteiger partial charge in [0.25, 0.3) is 0 Å². The van der Waals surface area contributed by atoms with Crippen LogP contribution in [0.25, 0.3) is 0 Å². The van der Waals surface area contributed by atoms with Crippen molar-refractivity contribution in [2.45, 2.75) is 19.1 Å². The average Bonchev–Trinajstić information content (AvgIpc) is 2.46. The van der Waals surface area contributed by atoms with E-state index < -0.39 is 23.7 Å². The van der Waals surface area contributed by atoms with Gasteiger partial charge in [0.2, 0.25) is 0 Å². The molecular formula is C15H10ClF4N3. The van der Waals surface area contributed by atoms with E-state index in [0.717, 1.165) is 18.2 Å². The lowest BCUT2D eigenvalue weighted by Gasteiger charge is -2.18. The van der Waals surface area contributed by atoms with Crippen molar-refractivity contribution in [2.75, 3.05) is 5.32 Å². The van der Waals surface area contributed by atoms with Crippen LogP contribution in [-0.4, -0.2) is 4.98 Å². The fraction of sp³-hybridized carbons (Fsp3) is 0.200. The highest BCUT2D eigenvalue weighted by atomic mass is 35.5. The molecule has 0 saturated carbocycles. The molecule has 0 saturated heterocycles. The number of nitrogens with zero attached hydrogens (tertiary/aromatic N) is 2. The Morgan fingerprint density at radius 2 is 1.96 bits per heavy atom. The van der Waals surface area contributed by atoms with Gasteiger partial charge in [0.15, 0.2) is 0 Å². The van der Waals surface area contributed by atoms with Gasteiger partial charge in [-0.15, -0.1) is 0 Å². The molecule has 1 aromatic carbocycles. The molecule has 0 aliphatic carbocycles. The maximum absolute atomic E-state index is 13.1. The maximum Gasteiger partial charge on any atom is 0.433 e. The molecule has 1 atom stereocenters. The molecule has 0 aliphatic rings. The van der Waals surface area contributed by atoms with E-state index in [-0.39, 0.29) is 16.4 Å². The number of nitrogens with one attached hydrogen (secondary N) is 1. The number of halogens is 5. The molecule has 0 fully saturated rings. The summed E-state index contributed by atoms with van der Waals surface area (Å²) < 4.78 is 51.3. The molecule has 0 spiro atoms. The fourth-order valence-corrected chi connectivity index (χ4v) is 2.28. The maximum atomic E-state index is 13.1. The second-order valence-electron chi connectivity index (χ2n) is 4.73. The zero-order valence-corrected chi connectivity index (χ0v) is 12.5. The van der Waals surface area contributed by atoms with Gasteiger partial charge >= 0.3 is 6.18 Å². The van der Waals surface area contributed by atoms with E-state index in [0.29, 0.717) is 5.56 Å². The second kappa shape index (κ2) is 6.42. The summed E-state index contributed by atoms with van der Waals surface area (Å²) in [5.74, 6) is -0.740. The molecule has 0 radical (unpaired) electrons. The Balaban J connectivity index is 2.36. The lowest BCUT2D eigenvalue weighted by molar-refractivity contribution is -0.141. The van der Waals surface area contributed by atoms with Gasteiger partial charge in [0, 0.05) is 5.02 Å². The van der Waals surface area contributed by atoms with E-state index in [1.165, 1.54) is 12.1 Å². The van der Waals surface area contributed by atoms with Crippen molar-refractivity contribution in [2.24, 2.45) is 0 Å². The summed E-state index contributed by atoms with van der Waals surface area (Å²) in [7, 11) is 0. The van der Waals surface area contributed by atoms with Gasteiger partial charge in [0.05, 0.1) is 11.6 Å². The summed E-state index contributed by atoms with van der Waals surface area (Å²) in [4.78, 5) is 3.45. The molecule has 0 amide bonds. The predicted molar refractivity (Wildman–Crippen MR) is 77.4 cm³/mol. The summed E-state index contributed by atoms with van der Waals surface area (Å²) in [6, 6.07) is 6.66. The van der Waals surface area contributed by atoms with E-state index >= 15 is 0 Å². The quantitative estimate of drug-likeness (QED) is 0.803. The van der Waals surface area contributed by atoms with Crippen molar-refractivity contribution in [3.05, 3.63) is 58.0 Å². The normalized spacial score (nSPS) is 12.6. The summed E-state index contributed by atoms with van der Waals surface area (Å²) in [5.41, 5.74) is -0.685. The molecule has 23 heavy (non-hydrogen) atoms. The van der Waals surface area contributed by atoms with Crippen LogP contribution in [0.1, 0.15) is 29.8 Å². The Bertz CT molecular complexity index is 768. The van der Waals surface area contributed by atoms with Gasteiger partial charge in [-0.3, -0.25) is 0 Å². The SMILES string of the molecule is CC(Nc1nc(C(F)(F)F)ccc1C#N)c1ccc(F)cc1Cl.